The lowest BCUT2D eigenvalue weighted by Crippen LogP contribution is -1.94. The average Bonchev–Trinajstić information content (AvgIpc) is 2.73. The number of hydrogen-bond donors (Lipinski definition) is 2. The zero-order chi connectivity index (χ0) is 14.0. The van der Waals surface area contributed by atoms with E-state index in [4.69, 9.17) is 11.6 Å². The van der Waals surface area contributed by atoms with E-state index >= 15 is 0 Å². The van der Waals surface area contributed by atoms with Crippen LogP contribution in [0, 0.1) is 0 Å². The average molecular weight is 297 g/mol. The van der Waals surface area contributed by atoms with E-state index in [0.29, 0.717) is 16.8 Å². The van der Waals surface area contributed by atoms with E-state index in [-0.39, 0.29) is 0 Å². The Kier molecular flexibility index (Phi) is 4.55. The van der Waals surface area contributed by atoms with Crippen LogP contribution >= 0.6 is 23.4 Å². The fourth-order valence-corrected chi connectivity index (χ4v) is 3.05. The number of imidazole rings is 1. The van der Waals surface area contributed by atoms with Gasteiger partial charge in [-0.15, -0.1) is 0 Å². The topological polar surface area (TPSA) is 48.9 Å². The summed E-state index contributed by atoms with van der Waals surface area (Å²) in [6, 6.07) is 7.67. The van der Waals surface area contributed by atoms with Crippen LogP contribution in [0.3, 0.4) is 0 Å². The molecule has 0 aliphatic carbocycles. The van der Waals surface area contributed by atoms with Gasteiger partial charge in [-0.1, -0.05) is 43.3 Å². The number of aromatic amines is 1. The number of H-pyrrole nitrogens is 1. The van der Waals surface area contributed by atoms with Gasteiger partial charge in [-0.25, -0.2) is 4.98 Å². The van der Waals surface area contributed by atoms with Gasteiger partial charge in [0.1, 0.15) is 17.0 Å². The molecule has 0 aliphatic rings. The van der Waals surface area contributed by atoms with Crippen molar-refractivity contribution >= 4 is 23.4 Å². The molecule has 1 unspecified atom stereocenters. The van der Waals surface area contributed by atoms with Gasteiger partial charge in [-0.2, -0.15) is 0 Å². The molecule has 0 aliphatic heterocycles. The van der Waals surface area contributed by atoms with Gasteiger partial charge < -0.3 is 10.1 Å². The Hall–Kier alpha value is -0.970. The molecule has 0 radical (unpaired) electrons. The summed E-state index contributed by atoms with van der Waals surface area (Å²) in [4.78, 5) is 8.71. The summed E-state index contributed by atoms with van der Waals surface area (Å²) in [6.07, 6.45) is -0.591. The lowest BCUT2D eigenvalue weighted by atomic mass is 10.2. The van der Waals surface area contributed by atoms with E-state index in [1.54, 1.807) is 18.7 Å². The van der Waals surface area contributed by atoms with Gasteiger partial charge in [0.2, 0.25) is 0 Å². The fraction of sp³-hybridized carbons (Fsp3) is 0.357. The third-order valence-corrected chi connectivity index (χ3v) is 3.93. The molecule has 1 aromatic heterocycles. The van der Waals surface area contributed by atoms with Crippen LogP contribution in [-0.2, 0) is 0 Å². The van der Waals surface area contributed by atoms with Crippen LogP contribution in [0.5, 0.6) is 0 Å². The van der Waals surface area contributed by atoms with Crippen molar-refractivity contribution in [3.63, 3.8) is 0 Å². The van der Waals surface area contributed by atoms with Gasteiger partial charge >= 0.3 is 0 Å². The number of aromatic nitrogens is 2. The summed E-state index contributed by atoms with van der Waals surface area (Å²) < 4.78 is 0. The summed E-state index contributed by atoms with van der Waals surface area (Å²) in [5.74, 6) is 0.926. The third kappa shape index (κ3) is 3.53. The molecule has 2 aromatic rings. The highest BCUT2D eigenvalue weighted by atomic mass is 35.5. The zero-order valence-electron chi connectivity index (χ0n) is 11.1. The minimum atomic E-state index is -0.591. The second kappa shape index (κ2) is 5.99. The Morgan fingerprint density at radius 1 is 1.32 bits per heavy atom. The van der Waals surface area contributed by atoms with Gasteiger partial charge in [0, 0.05) is 9.92 Å². The molecule has 0 saturated heterocycles. The van der Waals surface area contributed by atoms with Crippen molar-refractivity contribution in [1.82, 2.24) is 9.97 Å². The van der Waals surface area contributed by atoms with Crippen LogP contribution < -0.4 is 0 Å². The number of nitrogens with one attached hydrogen (secondary N) is 1. The maximum Gasteiger partial charge on any atom is 0.136 e. The molecule has 1 aromatic carbocycles. The van der Waals surface area contributed by atoms with E-state index in [2.05, 4.69) is 23.8 Å². The molecule has 1 atom stereocenters. The van der Waals surface area contributed by atoms with Crippen molar-refractivity contribution in [3.8, 4) is 0 Å². The largest absolute Gasteiger partial charge is 0.385 e. The summed E-state index contributed by atoms with van der Waals surface area (Å²) in [5, 5.41) is 11.2. The van der Waals surface area contributed by atoms with Gasteiger partial charge in [-0.05, 0) is 31.0 Å². The molecular weight excluding hydrogens is 280 g/mol. The fourth-order valence-electron chi connectivity index (χ4n) is 1.70. The Morgan fingerprint density at radius 3 is 2.63 bits per heavy atom. The maximum atomic E-state index is 9.63. The Balaban J connectivity index is 2.33. The first-order chi connectivity index (χ1) is 8.97. The Morgan fingerprint density at radius 2 is 2.05 bits per heavy atom. The van der Waals surface area contributed by atoms with Crippen LogP contribution in [0.15, 0.2) is 34.2 Å². The molecule has 3 nitrogen and oxygen atoms in total. The highest BCUT2D eigenvalue weighted by molar-refractivity contribution is 7.99. The SMILES string of the molecule is CC(C)c1[nH]c(C(C)O)nc1Sc1cccc(Cl)c1. The smallest absolute Gasteiger partial charge is 0.136 e. The monoisotopic (exact) mass is 296 g/mol. The molecule has 102 valence electrons. The number of benzene rings is 1. The summed E-state index contributed by atoms with van der Waals surface area (Å²) in [7, 11) is 0. The van der Waals surface area contributed by atoms with Crippen LogP contribution in [0.4, 0.5) is 0 Å². The molecular formula is C14H17ClN2OS. The highest BCUT2D eigenvalue weighted by Gasteiger charge is 2.16. The van der Waals surface area contributed by atoms with Crippen molar-refractivity contribution in [2.45, 2.75) is 42.7 Å². The zero-order valence-corrected chi connectivity index (χ0v) is 12.7. The minimum absolute atomic E-state index is 0.321. The van der Waals surface area contributed by atoms with Crippen molar-refractivity contribution in [1.29, 1.82) is 0 Å². The molecule has 2 N–H and O–H groups in total. The van der Waals surface area contributed by atoms with E-state index in [1.807, 2.05) is 24.3 Å². The second-order valence-electron chi connectivity index (χ2n) is 4.73. The number of hydrogen-bond acceptors (Lipinski definition) is 3. The second-order valence-corrected chi connectivity index (χ2v) is 6.23. The van der Waals surface area contributed by atoms with Gasteiger partial charge in [0.05, 0.1) is 5.69 Å². The summed E-state index contributed by atoms with van der Waals surface area (Å²) in [5.41, 5.74) is 1.04. The molecule has 0 saturated carbocycles. The molecule has 1 heterocycles. The summed E-state index contributed by atoms with van der Waals surface area (Å²) in [6.45, 7) is 5.90. The number of aliphatic hydroxyl groups excluding tert-OH is 1. The minimum Gasteiger partial charge on any atom is -0.385 e. The lowest BCUT2D eigenvalue weighted by Gasteiger charge is -2.05. The molecule has 19 heavy (non-hydrogen) atoms. The maximum absolute atomic E-state index is 9.63. The van der Waals surface area contributed by atoms with E-state index < -0.39 is 6.10 Å². The van der Waals surface area contributed by atoms with Crippen molar-refractivity contribution in [2.24, 2.45) is 0 Å². The van der Waals surface area contributed by atoms with Crippen LogP contribution in [0.1, 0.15) is 44.3 Å². The quantitative estimate of drug-likeness (QED) is 0.879. The van der Waals surface area contributed by atoms with Gasteiger partial charge in [0.15, 0.2) is 0 Å². The molecule has 5 heteroatoms. The van der Waals surface area contributed by atoms with E-state index in [1.165, 1.54) is 0 Å². The molecule has 0 spiro atoms. The highest BCUT2D eigenvalue weighted by Crippen LogP contribution is 2.34. The number of halogens is 1. The molecule has 0 fully saturated rings. The van der Waals surface area contributed by atoms with Crippen molar-refractivity contribution in [3.05, 3.63) is 40.8 Å². The lowest BCUT2D eigenvalue weighted by molar-refractivity contribution is 0.189. The van der Waals surface area contributed by atoms with Gasteiger partial charge in [-0.3, -0.25) is 0 Å². The molecule has 2 rings (SSSR count). The predicted molar refractivity (Wildman–Crippen MR) is 78.9 cm³/mol. The Labute approximate surface area is 122 Å². The standard InChI is InChI=1S/C14H17ClN2OS/c1-8(2)12-14(17-13(16-12)9(3)18)19-11-6-4-5-10(15)7-11/h4-9,18H,1-3H3,(H,16,17). The number of aliphatic hydroxyl groups is 1. The number of rotatable bonds is 4. The van der Waals surface area contributed by atoms with E-state index in [0.717, 1.165) is 15.6 Å². The first-order valence-electron chi connectivity index (χ1n) is 6.18. The van der Waals surface area contributed by atoms with Crippen LogP contribution in [0.2, 0.25) is 5.02 Å². The molecule has 0 bridgehead atoms. The first kappa shape index (κ1) is 14.4. The van der Waals surface area contributed by atoms with Crippen molar-refractivity contribution in [2.75, 3.05) is 0 Å². The Bertz CT molecular complexity index is 566. The first-order valence-corrected chi connectivity index (χ1v) is 7.38. The van der Waals surface area contributed by atoms with Crippen molar-refractivity contribution < 1.29 is 5.11 Å². The normalized spacial score (nSPS) is 12.9. The van der Waals surface area contributed by atoms with Gasteiger partial charge in [0.25, 0.3) is 0 Å². The van der Waals surface area contributed by atoms with Crippen LogP contribution in [0.25, 0.3) is 0 Å². The molecule has 0 amide bonds. The summed E-state index contributed by atoms with van der Waals surface area (Å²) >= 11 is 7.54. The number of nitrogens with zero attached hydrogens (tertiary/aromatic N) is 1. The van der Waals surface area contributed by atoms with Crippen LogP contribution in [-0.4, -0.2) is 15.1 Å². The predicted octanol–water partition coefficient (Wildman–Crippen LogP) is 4.39. The third-order valence-electron chi connectivity index (χ3n) is 2.70. The van der Waals surface area contributed by atoms with E-state index in [9.17, 15) is 5.11 Å².